The molecule has 0 heterocycles. The van der Waals surface area contributed by atoms with Gasteiger partial charge in [-0.1, -0.05) is 30.7 Å². The normalized spacial score (nSPS) is 11.8. The molecule has 0 unspecified atom stereocenters. The Labute approximate surface area is 118 Å². The van der Waals surface area contributed by atoms with Crippen molar-refractivity contribution in [2.24, 2.45) is 0 Å². The zero-order valence-corrected chi connectivity index (χ0v) is 12.3. The fourth-order valence-electron chi connectivity index (χ4n) is 2.01. The summed E-state index contributed by atoms with van der Waals surface area (Å²) in [4.78, 5) is 0. The number of aliphatic hydroxyl groups is 2. The molecule has 2 nitrogen and oxygen atoms in total. The first-order valence-corrected chi connectivity index (χ1v) is 7.77. The predicted octanol–water partition coefficient (Wildman–Crippen LogP) is 3.10. The molecule has 4 heteroatoms. The highest BCUT2D eigenvalue weighted by atomic mass is 35.5. The maximum absolute atomic E-state index is 9.67. The Kier molecular flexibility index (Phi) is 7.08. The van der Waals surface area contributed by atoms with Crippen molar-refractivity contribution in [3.05, 3.63) is 34.9 Å². The summed E-state index contributed by atoms with van der Waals surface area (Å²) in [5.41, 5.74) is 0.348. The predicted molar refractivity (Wildman–Crippen MR) is 79.5 cm³/mol. The quantitative estimate of drug-likeness (QED) is 0.722. The number of halogens is 1. The average Bonchev–Trinajstić information content (AvgIpc) is 2.40. The molecule has 0 spiro atoms. The van der Waals surface area contributed by atoms with E-state index in [1.54, 1.807) is 6.07 Å². The lowest BCUT2D eigenvalue weighted by atomic mass is 9.78. The van der Waals surface area contributed by atoms with Crippen LogP contribution in [0.1, 0.15) is 25.3 Å². The first kappa shape index (κ1) is 15.8. The third kappa shape index (κ3) is 4.16. The third-order valence-corrected chi connectivity index (χ3v) is 4.41. The molecule has 1 rings (SSSR count). The maximum atomic E-state index is 9.67. The molecule has 0 aliphatic carbocycles. The fraction of sp³-hybridized carbons (Fsp3) is 0.571. The van der Waals surface area contributed by atoms with E-state index in [4.69, 9.17) is 11.6 Å². The van der Waals surface area contributed by atoms with Gasteiger partial charge in [0.05, 0.1) is 13.2 Å². The number of hydrogen-bond donors (Lipinski definition) is 2. The smallest absolute Gasteiger partial charge is 0.0550 e. The summed E-state index contributed by atoms with van der Waals surface area (Å²) in [6, 6.07) is 7.42. The van der Waals surface area contributed by atoms with Gasteiger partial charge in [-0.15, -0.1) is 0 Å². The molecule has 102 valence electrons. The van der Waals surface area contributed by atoms with Gasteiger partial charge in [0.25, 0.3) is 0 Å². The molecule has 0 saturated carbocycles. The fourth-order valence-corrected chi connectivity index (χ4v) is 2.84. The minimum Gasteiger partial charge on any atom is -0.395 e. The first-order valence-electron chi connectivity index (χ1n) is 6.24. The molecular formula is C14H21ClO2S. The van der Waals surface area contributed by atoms with Crippen LogP contribution in [0.5, 0.6) is 0 Å². The van der Waals surface area contributed by atoms with Gasteiger partial charge in [0.15, 0.2) is 0 Å². The van der Waals surface area contributed by atoms with Crippen molar-refractivity contribution in [3.63, 3.8) is 0 Å². The topological polar surface area (TPSA) is 40.5 Å². The van der Waals surface area contributed by atoms with Crippen LogP contribution in [0.4, 0.5) is 0 Å². The summed E-state index contributed by atoms with van der Waals surface area (Å²) in [6.45, 7) is 2.02. The second kappa shape index (κ2) is 8.05. The van der Waals surface area contributed by atoms with Gasteiger partial charge in [0, 0.05) is 10.4 Å². The largest absolute Gasteiger partial charge is 0.395 e. The van der Waals surface area contributed by atoms with E-state index in [9.17, 15) is 10.2 Å². The molecule has 0 aliphatic heterocycles. The van der Waals surface area contributed by atoms with E-state index in [0.29, 0.717) is 5.02 Å². The van der Waals surface area contributed by atoms with Gasteiger partial charge in [0.2, 0.25) is 0 Å². The lowest BCUT2D eigenvalue weighted by Gasteiger charge is -2.30. The van der Waals surface area contributed by atoms with Crippen LogP contribution >= 0.6 is 23.4 Å². The number of thioether (sulfide) groups is 1. The molecule has 0 bridgehead atoms. The minimum absolute atomic E-state index is 0.0549. The molecule has 0 atom stereocenters. The first-order chi connectivity index (χ1) is 8.68. The zero-order chi connectivity index (χ0) is 13.4. The van der Waals surface area contributed by atoms with Crippen molar-refractivity contribution in [1.29, 1.82) is 0 Å². The van der Waals surface area contributed by atoms with Gasteiger partial charge >= 0.3 is 0 Å². The number of aliphatic hydroxyl groups excluding tert-OH is 2. The van der Waals surface area contributed by atoms with Crippen LogP contribution < -0.4 is 0 Å². The Balaban J connectivity index is 2.79. The standard InChI is InChI=1S/C14H21ClO2S/c1-2-18-8-4-7-14(10-16,11-17)12-5-3-6-13(15)9-12/h3,5-6,9,16-17H,2,4,7-8,10-11H2,1H3. The highest BCUT2D eigenvalue weighted by Gasteiger charge is 2.30. The highest BCUT2D eigenvalue weighted by Crippen LogP contribution is 2.31. The van der Waals surface area contributed by atoms with E-state index in [0.717, 1.165) is 29.9 Å². The Bertz CT molecular complexity index is 353. The van der Waals surface area contributed by atoms with Crippen LogP contribution in [0.25, 0.3) is 0 Å². The van der Waals surface area contributed by atoms with Crippen LogP contribution in [0.15, 0.2) is 24.3 Å². The van der Waals surface area contributed by atoms with E-state index < -0.39 is 5.41 Å². The van der Waals surface area contributed by atoms with Crippen molar-refractivity contribution in [1.82, 2.24) is 0 Å². The molecule has 0 aromatic heterocycles. The molecule has 0 amide bonds. The van der Waals surface area contributed by atoms with Crippen molar-refractivity contribution in [2.45, 2.75) is 25.2 Å². The average molecular weight is 289 g/mol. The summed E-state index contributed by atoms with van der Waals surface area (Å²) in [6.07, 6.45) is 1.75. The Morgan fingerprint density at radius 1 is 1.28 bits per heavy atom. The van der Waals surface area contributed by atoms with Crippen molar-refractivity contribution in [2.75, 3.05) is 24.7 Å². The van der Waals surface area contributed by atoms with Gasteiger partial charge in [-0.05, 0) is 42.0 Å². The minimum atomic E-state index is -0.570. The SMILES string of the molecule is CCSCCCC(CO)(CO)c1cccc(Cl)c1. The monoisotopic (exact) mass is 288 g/mol. The lowest BCUT2D eigenvalue weighted by molar-refractivity contribution is 0.109. The molecule has 0 radical (unpaired) electrons. The summed E-state index contributed by atoms with van der Waals surface area (Å²) in [5.74, 6) is 2.15. The number of rotatable bonds is 8. The Morgan fingerprint density at radius 2 is 2.00 bits per heavy atom. The molecule has 0 aliphatic rings. The summed E-state index contributed by atoms with van der Waals surface area (Å²) >= 11 is 7.86. The lowest BCUT2D eigenvalue weighted by Crippen LogP contribution is -2.35. The van der Waals surface area contributed by atoms with E-state index in [1.165, 1.54) is 0 Å². The third-order valence-electron chi connectivity index (χ3n) is 3.19. The van der Waals surface area contributed by atoms with E-state index in [-0.39, 0.29) is 13.2 Å². The van der Waals surface area contributed by atoms with E-state index >= 15 is 0 Å². The molecule has 0 saturated heterocycles. The van der Waals surface area contributed by atoms with Gasteiger partial charge in [-0.2, -0.15) is 11.8 Å². The van der Waals surface area contributed by atoms with Crippen LogP contribution in [0, 0.1) is 0 Å². The molecule has 1 aromatic carbocycles. The van der Waals surface area contributed by atoms with Crippen molar-refractivity contribution < 1.29 is 10.2 Å². The molecule has 1 aromatic rings. The maximum Gasteiger partial charge on any atom is 0.0550 e. The van der Waals surface area contributed by atoms with Gasteiger partial charge in [0.1, 0.15) is 0 Å². The van der Waals surface area contributed by atoms with Gasteiger partial charge < -0.3 is 10.2 Å². The van der Waals surface area contributed by atoms with Crippen LogP contribution in [-0.2, 0) is 5.41 Å². The van der Waals surface area contributed by atoms with Crippen LogP contribution in [-0.4, -0.2) is 34.9 Å². The summed E-state index contributed by atoms with van der Waals surface area (Å²) < 4.78 is 0. The molecular weight excluding hydrogens is 268 g/mol. The van der Waals surface area contributed by atoms with Crippen molar-refractivity contribution in [3.8, 4) is 0 Å². The second-order valence-corrected chi connectivity index (χ2v) is 6.24. The van der Waals surface area contributed by atoms with Gasteiger partial charge in [-0.25, -0.2) is 0 Å². The van der Waals surface area contributed by atoms with E-state index in [2.05, 4.69) is 6.92 Å². The summed E-state index contributed by atoms with van der Waals surface area (Å²) in [5, 5.41) is 20.0. The molecule has 0 fully saturated rings. The Hall–Kier alpha value is -0.220. The van der Waals surface area contributed by atoms with Crippen LogP contribution in [0.3, 0.4) is 0 Å². The number of benzene rings is 1. The van der Waals surface area contributed by atoms with Gasteiger partial charge in [-0.3, -0.25) is 0 Å². The van der Waals surface area contributed by atoms with E-state index in [1.807, 2.05) is 30.0 Å². The van der Waals surface area contributed by atoms with Crippen molar-refractivity contribution >= 4 is 23.4 Å². The van der Waals surface area contributed by atoms with Crippen LogP contribution in [0.2, 0.25) is 5.02 Å². The molecule has 18 heavy (non-hydrogen) atoms. The highest BCUT2D eigenvalue weighted by molar-refractivity contribution is 7.99. The number of hydrogen-bond acceptors (Lipinski definition) is 3. The summed E-state index contributed by atoms with van der Waals surface area (Å²) in [7, 11) is 0. The molecule has 2 N–H and O–H groups in total. The second-order valence-electron chi connectivity index (χ2n) is 4.41. The Morgan fingerprint density at radius 3 is 2.56 bits per heavy atom. The zero-order valence-electron chi connectivity index (χ0n) is 10.7.